The van der Waals surface area contributed by atoms with Crippen molar-refractivity contribution in [3.63, 3.8) is 0 Å². The molecule has 3 heterocycles. The van der Waals surface area contributed by atoms with Crippen LogP contribution in [0.5, 0.6) is 0 Å². The second-order valence-electron chi connectivity index (χ2n) is 6.97. The van der Waals surface area contributed by atoms with Gasteiger partial charge in [0.2, 0.25) is 0 Å². The molecule has 0 radical (unpaired) electrons. The smallest absolute Gasteiger partial charge is 0.272 e. The summed E-state index contributed by atoms with van der Waals surface area (Å²) in [6.07, 6.45) is 4.95. The van der Waals surface area contributed by atoms with E-state index in [4.69, 9.17) is 0 Å². The molecule has 1 unspecified atom stereocenters. The first kappa shape index (κ1) is 16.8. The first-order valence-electron chi connectivity index (χ1n) is 9.12. The quantitative estimate of drug-likeness (QED) is 0.694. The monoisotopic (exact) mass is 351 g/mol. The summed E-state index contributed by atoms with van der Waals surface area (Å²) >= 11 is 0. The Morgan fingerprint density at radius 1 is 1.15 bits per heavy atom. The minimum Gasteiger partial charge on any atom is -0.337 e. The fourth-order valence-electron chi connectivity index (χ4n) is 3.85. The van der Waals surface area contributed by atoms with Crippen molar-refractivity contribution in [2.24, 2.45) is 0 Å². The molecule has 4 nitrogen and oxygen atoms in total. The number of aromatic nitrogens is 2. The Morgan fingerprint density at radius 2 is 1.96 bits per heavy atom. The standard InChI is InChI=1S/C21H22FN3O/c1-15-20(25-13-5-3-7-19(25)23-15)21(26)24-12-4-2-6-17(14-24)16-8-10-18(22)11-9-16/h3,5,7-11,13,17H,2,4,6,12,14H2,1H3. The molecule has 1 aliphatic rings. The molecule has 2 aromatic heterocycles. The molecule has 134 valence electrons. The number of nitrogens with zero attached hydrogens (tertiary/aromatic N) is 3. The van der Waals surface area contributed by atoms with Crippen LogP contribution in [0.1, 0.15) is 46.9 Å². The normalized spacial score (nSPS) is 18.1. The van der Waals surface area contributed by atoms with Gasteiger partial charge in [-0.3, -0.25) is 9.20 Å². The number of carbonyl (C=O) groups is 1. The Kier molecular flexibility index (Phi) is 4.45. The maximum Gasteiger partial charge on any atom is 0.272 e. The minimum atomic E-state index is -0.225. The number of hydrogen-bond donors (Lipinski definition) is 0. The summed E-state index contributed by atoms with van der Waals surface area (Å²) in [7, 11) is 0. The molecule has 4 rings (SSSR count). The van der Waals surface area contributed by atoms with E-state index in [1.807, 2.05) is 52.8 Å². The van der Waals surface area contributed by atoms with Crippen LogP contribution in [0.15, 0.2) is 48.7 Å². The van der Waals surface area contributed by atoms with Gasteiger partial charge in [-0.1, -0.05) is 24.6 Å². The SMILES string of the molecule is Cc1nc2ccccn2c1C(=O)N1CCCCC(c2ccc(F)cc2)C1. The Hall–Kier alpha value is -2.69. The summed E-state index contributed by atoms with van der Waals surface area (Å²) in [5.41, 5.74) is 3.28. The van der Waals surface area contributed by atoms with Crippen molar-refractivity contribution in [2.45, 2.75) is 32.1 Å². The number of amides is 1. The lowest BCUT2D eigenvalue weighted by molar-refractivity contribution is 0.0746. The zero-order valence-electron chi connectivity index (χ0n) is 14.9. The molecule has 1 fully saturated rings. The average molecular weight is 351 g/mol. The molecule has 1 aromatic carbocycles. The summed E-state index contributed by atoms with van der Waals surface area (Å²) in [5.74, 6) is 0.0356. The van der Waals surface area contributed by atoms with Gasteiger partial charge >= 0.3 is 0 Å². The average Bonchev–Trinajstić information content (AvgIpc) is 2.81. The Balaban J connectivity index is 1.64. The molecule has 26 heavy (non-hydrogen) atoms. The first-order valence-corrected chi connectivity index (χ1v) is 9.12. The van der Waals surface area contributed by atoms with Gasteiger partial charge in [-0.2, -0.15) is 0 Å². The van der Waals surface area contributed by atoms with E-state index in [0.29, 0.717) is 12.2 Å². The fraction of sp³-hybridized carbons (Fsp3) is 0.333. The van der Waals surface area contributed by atoms with Crippen LogP contribution in [0.2, 0.25) is 0 Å². The maximum absolute atomic E-state index is 13.3. The minimum absolute atomic E-state index is 0.0233. The van der Waals surface area contributed by atoms with E-state index in [2.05, 4.69) is 4.98 Å². The van der Waals surface area contributed by atoms with Crippen LogP contribution in [0.4, 0.5) is 4.39 Å². The predicted octanol–water partition coefficient (Wildman–Crippen LogP) is 4.19. The van der Waals surface area contributed by atoms with Crippen LogP contribution < -0.4 is 0 Å². The molecule has 3 aromatic rings. The number of fused-ring (bicyclic) bond motifs is 1. The first-order chi connectivity index (χ1) is 12.6. The Morgan fingerprint density at radius 3 is 2.77 bits per heavy atom. The van der Waals surface area contributed by atoms with Crippen LogP contribution >= 0.6 is 0 Å². The third-order valence-corrected chi connectivity index (χ3v) is 5.21. The number of likely N-dealkylation sites (tertiary alicyclic amines) is 1. The lowest BCUT2D eigenvalue weighted by atomic mass is 9.94. The van der Waals surface area contributed by atoms with Crippen molar-refractivity contribution in [3.8, 4) is 0 Å². The lowest BCUT2D eigenvalue weighted by Crippen LogP contribution is -2.35. The van der Waals surface area contributed by atoms with Gasteiger partial charge in [0.05, 0.1) is 5.69 Å². The largest absolute Gasteiger partial charge is 0.337 e. The highest BCUT2D eigenvalue weighted by Crippen LogP contribution is 2.28. The van der Waals surface area contributed by atoms with Gasteiger partial charge in [0, 0.05) is 25.2 Å². The molecule has 0 saturated carbocycles. The van der Waals surface area contributed by atoms with E-state index in [1.165, 1.54) is 12.1 Å². The van der Waals surface area contributed by atoms with Gasteiger partial charge in [0.25, 0.3) is 5.91 Å². The van der Waals surface area contributed by atoms with E-state index in [1.54, 1.807) is 0 Å². The number of rotatable bonds is 2. The summed E-state index contributed by atoms with van der Waals surface area (Å²) in [4.78, 5) is 19.7. The molecule has 0 spiro atoms. The number of imidazole rings is 1. The van der Waals surface area contributed by atoms with Crippen molar-refractivity contribution < 1.29 is 9.18 Å². The van der Waals surface area contributed by atoms with E-state index in [-0.39, 0.29) is 17.6 Å². The molecule has 0 N–H and O–H groups in total. The van der Waals surface area contributed by atoms with E-state index >= 15 is 0 Å². The van der Waals surface area contributed by atoms with Gasteiger partial charge in [-0.15, -0.1) is 0 Å². The molecule has 1 aliphatic heterocycles. The highest BCUT2D eigenvalue weighted by molar-refractivity contribution is 5.94. The lowest BCUT2D eigenvalue weighted by Gasteiger charge is -2.25. The highest BCUT2D eigenvalue weighted by Gasteiger charge is 2.27. The van der Waals surface area contributed by atoms with Crippen LogP contribution in [0, 0.1) is 12.7 Å². The molecular formula is C21H22FN3O. The molecular weight excluding hydrogens is 329 g/mol. The number of hydrogen-bond acceptors (Lipinski definition) is 2. The van der Waals surface area contributed by atoms with Gasteiger partial charge in [0.15, 0.2) is 0 Å². The van der Waals surface area contributed by atoms with E-state index in [9.17, 15) is 9.18 Å². The van der Waals surface area contributed by atoms with Crippen LogP contribution in [0.25, 0.3) is 5.65 Å². The summed E-state index contributed by atoms with van der Waals surface area (Å²) < 4.78 is 15.1. The second-order valence-corrected chi connectivity index (χ2v) is 6.97. The van der Waals surface area contributed by atoms with E-state index < -0.39 is 0 Å². The molecule has 5 heteroatoms. The van der Waals surface area contributed by atoms with Crippen molar-refractivity contribution in [1.82, 2.24) is 14.3 Å². The van der Waals surface area contributed by atoms with Crippen LogP contribution in [-0.2, 0) is 0 Å². The van der Waals surface area contributed by atoms with Gasteiger partial charge in [-0.05, 0) is 49.6 Å². The Labute approximate surface area is 152 Å². The maximum atomic E-state index is 13.3. The Bertz CT molecular complexity index is 932. The summed E-state index contributed by atoms with van der Waals surface area (Å²) in [6, 6.07) is 12.4. The molecule has 1 atom stereocenters. The topological polar surface area (TPSA) is 37.6 Å². The molecule has 0 bridgehead atoms. The number of carbonyl (C=O) groups excluding carboxylic acids is 1. The second kappa shape index (κ2) is 6.90. The number of aryl methyl sites for hydroxylation is 1. The van der Waals surface area contributed by atoms with Crippen molar-refractivity contribution in [2.75, 3.05) is 13.1 Å². The van der Waals surface area contributed by atoms with Crippen molar-refractivity contribution in [3.05, 3.63) is 71.4 Å². The number of benzene rings is 1. The van der Waals surface area contributed by atoms with Crippen molar-refractivity contribution >= 4 is 11.6 Å². The highest BCUT2D eigenvalue weighted by atomic mass is 19.1. The fourth-order valence-corrected chi connectivity index (χ4v) is 3.85. The van der Waals surface area contributed by atoms with Gasteiger partial charge < -0.3 is 4.90 Å². The third kappa shape index (κ3) is 3.09. The summed E-state index contributed by atoms with van der Waals surface area (Å²) in [5, 5.41) is 0. The van der Waals surface area contributed by atoms with Crippen LogP contribution in [-0.4, -0.2) is 33.3 Å². The van der Waals surface area contributed by atoms with Gasteiger partial charge in [0.1, 0.15) is 17.2 Å². The molecule has 0 aliphatic carbocycles. The zero-order chi connectivity index (χ0) is 18.1. The third-order valence-electron chi connectivity index (χ3n) is 5.21. The zero-order valence-corrected chi connectivity index (χ0v) is 14.9. The predicted molar refractivity (Wildman–Crippen MR) is 98.8 cm³/mol. The summed E-state index contributed by atoms with van der Waals surface area (Å²) in [6.45, 7) is 3.29. The number of pyridine rings is 1. The number of halogens is 1. The van der Waals surface area contributed by atoms with Gasteiger partial charge in [-0.25, -0.2) is 9.37 Å². The molecule has 1 saturated heterocycles. The van der Waals surface area contributed by atoms with Crippen LogP contribution in [0.3, 0.4) is 0 Å². The van der Waals surface area contributed by atoms with E-state index in [0.717, 1.165) is 42.7 Å². The molecule has 1 amide bonds. The van der Waals surface area contributed by atoms with Crippen molar-refractivity contribution in [1.29, 1.82) is 0 Å².